The average molecular weight is 344 g/mol. The Balaban J connectivity index is 1.53. The molecule has 0 amide bonds. The van der Waals surface area contributed by atoms with Crippen LogP contribution >= 0.6 is 15.9 Å². The van der Waals surface area contributed by atoms with Gasteiger partial charge in [-0.2, -0.15) is 0 Å². The SMILES string of the molecule is Brc1cc(NCc2nc3ccc(C4CC4)cn3n2)ccn1. The number of nitrogens with one attached hydrogen (secondary N) is 1. The fourth-order valence-corrected chi connectivity index (χ4v) is 2.74. The van der Waals surface area contributed by atoms with Gasteiger partial charge in [0.1, 0.15) is 4.60 Å². The van der Waals surface area contributed by atoms with Crippen LogP contribution < -0.4 is 5.32 Å². The molecule has 1 fully saturated rings. The Bertz CT molecular complexity index is 794. The van der Waals surface area contributed by atoms with E-state index in [9.17, 15) is 0 Å². The molecule has 0 saturated heterocycles. The number of nitrogens with zero attached hydrogens (tertiary/aromatic N) is 4. The maximum atomic E-state index is 4.54. The molecule has 0 aliphatic heterocycles. The van der Waals surface area contributed by atoms with Gasteiger partial charge in [0.15, 0.2) is 11.5 Å². The fraction of sp³-hybridized carbons (Fsp3) is 0.267. The van der Waals surface area contributed by atoms with Crippen molar-refractivity contribution >= 4 is 27.3 Å². The van der Waals surface area contributed by atoms with E-state index in [1.54, 1.807) is 6.20 Å². The predicted octanol–water partition coefficient (Wildman–Crippen LogP) is 3.38. The molecule has 4 rings (SSSR count). The Morgan fingerprint density at radius 3 is 3.00 bits per heavy atom. The number of hydrogen-bond donors (Lipinski definition) is 1. The molecule has 5 nitrogen and oxygen atoms in total. The number of rotatable bonds is 4. The molecule has 6 heteroatoms. The normalized spacial score (nSPS) is 14.5. The zero-order chi connectivity index (χ0) is 14.2. The summed E-state index contributed by atoms with van der Waals surface area (Å²) in [5, 5.41) is 7.84. The average Bonchev–Trinajstić information content (AvgIpc) is 3.25. The van der Waals surface area contributed by atoms with Gasteiger partial charge in [0.25, 0.3) is 0 Å². The first-order valence-corrected chi connectivity index (χ1v) is 7.78. The van der Waals surface area contributed by atoms with Gasteiger partial charge in [-0.3, -0.25) is 0 Å². The summed E-state index contributed by atoms with van der Waals surface area (Å²) in [7, 11) is 0. The zero-order valence-corrected chi connectivity index (χ0v) is 12.9. The predicted molar refractivity (Wildman–Crippen MR) is 84.2 cm³/mol. The Morgan fingerprint density at radius 1 is 1.29 bits per heavy atom. The van der Waals surface area contributed by atoms with E-state index >= 15 is 0 Å². The van der Waals surface area contributed by atoms with Crippen LogP contribution in [0.25, 0.3) is 5.65 Å². The van der Waals surface area contributed by atoms with E-state index in [-0.39, 0.29) is 0 Å². The van der Waals surface area contributed by atoms with Crippen molar-refractivity contribution in [2.45, 2.75) is 25.3 Å². The van der Waals surface area contributed by atoms with E-state index in [0.29, 0.717) is 6.54 Å². The zero-order valence-electron chi connectivity index (χ0n) is 11.3. The van der Waals surface area contributed by atoms with Crippen LogP contribution in [0.15, 0.2) is 41.3 Å². The summed E-state index contributed by atoms with van der Waals surface area (Å²) >= 11 is 3.36. The van der Waals surface area contributed by atoms with Crippen molar-refractivity contribution in [2.75, 3.05) is 5.32 Å². The fourth-order valence-electron chi connectivity index (χ4n) is 2.37. The highest BCUT2D eigenvalue weighted by Gasteiger charge is 2.23. The molecule has 0 aromatic carbocycles. The largest absolute Gasteiger partial charge is 0.378 e. The number of anilines is 1. The summed E-state index contributed by atoms with van der Waals surface area (Å²) in [5.41, 5.74) is 3.26. The maximum Gasteiger partial charge on any atom is 0.170 e. The lowest BCUT2D eigenvalue weighted by Gasteiger charge is -2.02. The summed E-state index contributed by atoms with van der Waals surface area (Å²) in [6, 6.07) is 8.07. The number of halogens is 1. The Hall–Kier alpha value is -1.95. The van der Waals surface area contributed by atoms with Gasteiger partial charge in [-0.25, -0.2) is 14.5 Å². The molecule has 106 valence electrons. The third-order valence-electron chi connectivity index (χ3n) is 3.62. The van der Waals surface area contributed by atoms with Crippen LogP contribution in [0.5, 0.6) is 0 Å². The van der Waals surface area contributed by atoms with E-state index in [1.165, 1.54) is 18.4 Å². The maximum absolute atomic E-state index is 4.54. The molecule has 3 heterocycles. The van der Waals surface area contributed by atoms with E-state index in [2.05, 4.69) is 48.6 Å². The summed E-state index contributed by atoms with van der Waals surface area (Å²) in [5.74, 6) is 1.52. The van der Waals surface area contributed by atoms with Crippen LogP contribution in [0, 0.1) is 0 Å². The van der Waals surface area contributed by atoms with Crippen molar-refractivity contribution in [3.8, 4) is 0 Å². The lowest BCUT2D eigenvalue weighted by atomic mass is 10.2. The first-order valence-electron chi connectivity index (χ1n) is 6.98. The van der Waals surface area contributed by atoms with Gasteiger partial charge in [-0.15, -0.1) is 5.10 Å². The minimum atomic E-state index is 0.594. The summed E-state index contributed by atoms with van der Waals surface area (Å²) in [6.07, 6.45) is 6.45. The van der Waals surface area contributed by atoms with E-state index in [1.807, 2.05) is 22.7 Å². The molecule has 3 aromatic heterocycles. The molecule has 0 spiro atoms. The molecular weight excluding hydrogens is 330 g/mol. The lowest BCUT2D eigenvalue weighted by molar-refractivity contribution is 0.878. The second kappa shape index (κ2) is 5.11. The standard InChI is InChI=1S/C15H14BrN5/c16-13-7-12(5-6-17-13)18-8-14-19-15-4-3-11(10-1-2-10)9-21(15)20-14/h3-7,9-10H,1-2,8H2,(H,17,18). The van der Waals surface area contributed by atoms with Crippen LogP contribution in [0.4, 0.5) is 5.69 Å². The summed E-state index contributed by atoms with van der Waals surface area (Å²) in [6.45, 7) is 0.594. The van der Waals surface area contributed by atoms with E-state index in [0.717, 1.165) is 27.7 Å². The number of aromatic nitrogens is 4. The second-order valence-corrected chi connectivity index (χ2v) is 6.10. The van der Waals surface area contributed by atoms with Crippen molar-refractivity contribution in [3.63, 3.8) is 0 Å². The molecule has 0 radical (unpaired) electrons. The minimum Gasteiger partial charge on any atom is -0.378 e. The van der Waals surface area contributed by atoms with Crippen LogP contribution in [-0.2, 0) is 6.54 Å². The topological polar surface area (TPSA) is 55.1 Å². The number of pyridine rings is 2. The highest BCUT2D eigenvalue weighted by Crippen LogP contribution is 2.39. The van der Waals surface area contributed by atoms with Crippen LogP contribution in [0.3, 0.4) is 0 Å². The van der Waals surface area contributed by atoms with Gasteiger partial charge >= 0.3 is 0 Å². The van der Waals surface area contributed by atoms with Crippen molar-refractivity contribution in [1.82, 2.24) is 19.6 Å². The Labute approximate surface area is 130 Å². The van der Waals surface area contributed by atoms with Crippen molar-refractivity contribution in [2.24, 2.45) is 0 Å². The molecule has 21 heavy (non-hydrogen) atoms. The van der Waals surface area contributed by atoms with Gasteiger partial charge in [-0.05, 0) is 58.5 Å². The third-order valence-corrected chi connectivity index (χ3v) is 4.06. The van der Waals surface area contributed by atoms with E-state index in [4.69, 9.17) is 0 Å². The molecule has 1 aliphatic carbocycles. The van der Waals surface area contributed by atoms with Gasteiger partial charge in [0.05, 0.1) is 6.54 Å². The number of fused-ring (bicyclic) bond motifs is 1. The highest BCUT2D eigenvalue weighted by atomic mass is 79.9. The molecule has 1 saturated carbocycles. The van der Waals surface area contributed by atoms with Gasteiger partial charge in [-0.1, -0.05) is 6.07 Å². The van der Waals surface area contributed by atoms with Gasteiger partial charge < -0.3 is 5.32 Å². The van der Waals surface area contributed by atoms with Crippen LogP contribution in [-0.4, -0.2) is 19.6 Å². The third kappa shape index (κ3) is 2.76. The smallest absolute Gasteiger partial charge is 0.170 e. The molecule has 1 N–H and O–H groups in total. The summed E-state index contributed by atoms with van der Waals surface area (Å²) < 4.78 is 2.69. The lowest BCUT2D eigenvalue weighted by Crippen LogP contribution is -2.01. The molecule has 0 bridgehead atoms. The van der Waals surface area contributed by atoms with Crippen molar-refractivity contribution in [1.29, 1.82) is 0 Å². The van der Waals surface area contributed by atoms with Crippen LogP contribution in [0.2, 0.25) is 0 Å². The van der Waals surface area contributed by atoms with Crippen molar-refractivity contribution in [3.05, 3.63) is 52.7 Å². The first-order chi connectivity index (χ1) is 10.3. The molecule has 0 atom stereocenters. The highest BCUT2D eigenvalue weighted by molar-refractivity contribution is 9.10. The number of hydrogen-bond acceptors (Lipinski definition) is 4. The summed E-state index contributed by atoms with van der Waals surface area (Å²) in [4.78, 5) is 8.64. The second-order valence-electron chi connectivity index (χ2n) is 5.29. The van der Waals surface area contributed by atoms with Gasteiger partial charge in [0, 0.05) is 18.1 Å². The quantitative estimate of drug-likeness (QED) is 0.738. The molecule has 0 unspecified atom stereocenters. The molecule has 3 aromatic rings. The monoisotopic (exact) mass is 343 g/mol. The Morgan fingerprint density at radius 2 is 2.19 bits per heavy atom. The first kappa shape index (κ1) is 12.8. The van der Waals surface area contributed by atoms with Crippen LogP contribution in [0.1, 0.15) is 30.1 Å². The Kier molecular flexibility index (Phi) is 3.11. The van der Waals surface area contributed by atoms with E-state index < -0.39 is 0 Å². The van der Waals surface area contributed by atoms with Gasteiger partial charge in [0.2, 0.25) is 0 Å². The molecular formula is C15H14BrN5. The minimum absolute atomic E-state index is 0.594. The molecule has 1 aliphatic rings. The van der Waals surface area contributed by atoms with Crippen molar-refractivity contribution < 1.29 is 0 Å².